The topological polar surface area (TPSA) is 8.81 Å². The summed E-state index contributed by atoms with van der Waals surface area (Å²) in [5.74, 6) is 2.14. The molecule has 0 saturated carbocycles. The van der Waals surface area contributed by atoms with E-state index < -0.39 is 0 Å². The van der Waals surface area contributed by atoms with Crippen molar-refractivity contribution in [2.75, 3.05) is 0 Å². The molecule has 0 radical (unpaired) electrons. The lowest BCUT2D eigenvalue weighted by Gasteiger charge is -2.01. The van der Waals surface area contributed by atoms with Crippen molar-refractivity contribution in [1.82, 2.24) is 4.57 Å². The first kappa shape index (κ1) is 10.3. The molecule has 0 fully saturated rings. The van der Waals surface area contributed by atoms with E-state index in [-0.39, 0.29) is 0 Å². The smallest absolute Gasteiger partial charge is 0.234 e. The zero-order valence-corrected chi connectivity index (χ0v) is 9.68. The lowest BCUT2D eigenvalue weighted by atomic mass is 10.1. The van der Waals surface area contributed by atoms with Crippen LogP contribution in [0.3, 0.4) is 0 Å². The Balaban J connectivity index is 3.13. The van der Waals surface area contributed by atoms with E-state index in [9.17, 15) is 0 Å². The average Bonchev–Trinajstić information content (AvgIpc) is 2.22. The summed E-state index contributed by atoms with van der Waals surface area (Å²) in [5, 5.41) is 0. The Labute approximate surface area is 81.2 Å². The number of hydrogen-bond donors (Lipinski definition) is 0. The maximum atomic E-state index is 2.30. The summed E-state index contributed by atoms with van der Waals surface area (Å²) in [6.45, 7) is 8.88. The van der Waals surface area contributed by atoms with Crippen molar-refractivity contribution in [2.24, 2.45) is 20.0 Å². The molecule has 0 aliphatic carbocycles. The van der Waals surface area contributed by atoms with E-state index in [1.165, 1.54) is 17.2 Å². The second kappa shape index (κ2) is 3.52. The van der Waals surface area contributed by atoms with E-state index in [0.717, 1.165) is 12.3 Å². The number of nitrogens with zero attached hydrogens (tertiary/aromatic N) is 2. The fourth-order valence-corrected chi connectivity index (χ4v) is 1.74. The van der Waals surface area contributed by atoms with Crippen LogP contribution in [0, 0.1) is 19.8 Å². The molecule has 0 saturated heterocycles. The first-order valence-electron chi connectivity index (χ1n) is 4.96. The Morgan fingerprint density at radius 3 is 2.15 bits per heavy atom. The molecule has 0 spiro atoms. The molecule has 2 heteroatoms. The Hall–Kier alpha value is -0.790. The summed E-state index contributed by atoms with van der Waals surface area (Å²) >= 11 is 0. The normalized spacial score (nSPS) is 11.3. The van der Waals surface area contributed by atoms with Gasteiger partial charge in [-0.1, -0.05) is 13.8 Å². The number of hydrogen-bond acceptors (Lipinski definition) is 0. The van der Waals surface area contributed by atoms with E-state index in [1.54, 1.807) is 0 Å². The van der Waals surface area contributed by atoms with Crippen LogP contribution in [0.25, 0.3) is 0 Å². The molecule has 1 aromatic heterocycles. The fourth-order valence-electron chi connectivity index (χ4n) is 1.74. The maximum Gasteiger partial charge on any atom is 0.256 e. The predicted molar refractivity (Wildman–Crippen MR) is 54.6 cm³/mol. The van der Waals surface area contributed by atoms with Gasteiger partial charge in [-0.3, -0.25) is 0 Å². The van der Waals surface area contributed by atoms with Crippen molar-refractivity contribution < 1.29 is 4.57 Å². The quantitative estimate of drug-likeness (QED) is 0.614. The standard InChI is InChI=1S/C11H21N2/c1-8(2)7-11-12(5)9(3)10(4)13(11)6/h8H,7H2,1-6H3/q+1. The predicted octanol–water partition coefficient (Wildman–Crippen LogP) is 1.66. The van der Waals surface area contributed by atoms with Gasteiger partial charge >= 0.3 is 0 Å². The Bertz CT molecular complexity index is 283. The van der Waals surface area contributed by atoms with E-state index >= 15 is 0 Å². The molecule has 0 aliphatic heterocycles. The van der Waals surface area contributed by atoms with Gasteiger partial charge in [-0.05, 0) is 5.92 Å². The van der Waals surface area contributed by atoms with Gasteiger partial charge in [0.05, 0.1) is 20.5 Å². The third-order valence-corrected chi connectivity index (χ3v) is 2.90. The molecule has 0 aromatic carbocycles. The van der Waals surface area contributed by atoms with E-state index in [2.05, 4.69) is 50.9 Å². The van der Waals surface area contributed by atoms with Crippen molar-refractivity contribution >= 4 is 0 Å². The van der Waals surface area contributed by atoms with Crippen LogP contribution in [0.1, 0.15) is 31.1 Å². The second-order valence-electron chi connectivity index (χ2n) is 4.30. The highest BCUT2D eigenvalue weighted by Gasteiger charge is 2.20. The Morgan fingerprint density at radius 2 is 1.85 bits per heavy atom. The van der Waals surface area contributed by atoms with Crippen LogP contribution in [0.5, 0.6) is 0 Å². The summed E-state index contributed by atoms with van der Waals surface area (Å²) in [5.41, 5.74) is 2.75. The van der Waals surface area contributed by atoms with Gasteiger partial charge in [0, 0.05) is 13.8 Å². The van der Waals surface area contributed by atoms with Crippen molar-refractivity contribution in [3.8, 4) is 0 Å². The largest absolute Gasteiger partial charge is 0.256 e. The van der Waals surface area contributed by atoms with Crippen LogP contribution in [-0.2, 0) is 20.5 Å². The van der Waals surface area contributed by atoms with Gasteiger partial charge in [0.2, 0.25) is 0 Å². The summed E-state index contributed by atoms with van der Waals surface area (Å²) in [4.78, 5) is 0. The molecule has 0 aliphatic rings. The minimum absolute atomic E-state index is 0.721. The van der Waals surface area contributed by atoms with Crippen molar-refractivity contribution in [1.29, 1.82) is 0 Å². The summed E-state index contributed by atoms with van der Waals surface area (Å²) in [6.07, 6.45) is 1.15. The van der Waals surface area contributed by atoms with Gasteiger partial charge in [0.25, 0.3) is 5.82 Å². The highest BCUT2D eigenvalue weighted by Crippen LogP contribution is 2.09. The van der Waals surface area contributed by atoms with Crippen molar-refractivity contribution in [3.05, 3.63) is 17.2 Å². The van der Waals surface area contributed by atoms with Crippen LogP contribution < -0.4 is 4.57 Å². The molecule has 0 bridgehead atoms. The minimum Gasteiger partial charge on any atom is -0.234 e. The third kappa shape index (κ3) is 1.77. The molecule has 0 N–H and O–H groups in total. The summed E-state index contributed by atoms with van der Waals surface area (Å²) in [7, 11) is 4.31. The molecule has 1 heterocycles. The molecule has 0 unspecified atom stereocenters. The average molecular weight is 181 g/mol. The summed E-state index contributed by atoms with van der Waals surface area (Å²) < 4.78 is 4.60. The van der Waals surface area contributed by atoms with E-state index in [4.69, 9.17) is 0 Å². The number of aromatic nitrogens is 2. The first-order chi connectivity index (χ1) is 5.95. The molecule has 0 atom stereocenters. The van der Waals surface area contributed by atoms with Gasteiger partial charge in [-0.25, -0.2) is 9.13 Å². The molecular formula is C11H21N2+. The number of imidazole rings is 1. The lowest BCUT2D eigenvalue weighted by molar-refractivity contribution is -0.685. The lowest BCUT2D eigenvalue weighted by Crippen LogP contribution is -2.35. The molecule has 74 valence electrons. The molecule has 13 heavy (non-hydrogen) atoms. The molecular weight excluding hydrogens is 160 g/mol. The Morgan fingerprint density at radius 1 is 1.31 bits per heavy atom. The van der Waals surface area contributed by atoms with Crippen molar-refractivity contribution in [2.45, 2.75) is 34.1 Å². The first-order valence-corrected chi connectivity index (χ1v) is 4.96. The van der Waals surface area contributed by atoms with Gasteiger partial charge in [-0.2, -0.15) is 0 Å². The van der Waals surface area contributed by atoms with Crippen LogP contribution in [0.4, 0.5) is 0 Å². The van der Waals surface area contributed by atoms with Gasteiger partial charge < -0.3 is 0 Å². The number of rotatable bonds is 2. The molecule has 0 amide bonds. The van der Waals surface area contributed by atoms with E-state index in [0.29, 0.717) is 0 Å². The Kier molecular flexibility index (Phi) is 2.79. The van der Waals surface area contributed by atoms with Crippen LogP contribution >= 0.6 is 0 Å². The van der Waals surface area contributed by atoms with Gasteiger partial charge in [0.15, 0.2) is 0 Å². The van der Waals surface area contributed by atoms with E-state index in [1.807, 2.05) is 0 Å². The highest BCUT2D eigenvalue weighted by molar-refractivity contribution is 5.06. The van der Waals surface area contributed by atoms with Crippen LogP contribution in [-0.4, -0.2) is 4.57 Å². The van der Waals surface area contributed by atoms with Gasteiger partial charge in [-0.15, -0.1) is 0 Å². The molecule has 1 aromatic rings. The maximum absolute atomic E-state index is 2.30. The fraction of sp³-hybridized carbons (Fsp3) is 0.727. The zero-order valence-electron chi connectivity index (χ0n) is 9.68. The van der Waals surface area contributed by atoms with Crippen molar-refractivity contribution in [3.63, 3.8) is 0 Å². The van der Waals surface area contributed by atoms with Crippen LogP contribution in [0.2, 0.25) is 0 Å². The zero-order chi connectivity index (χ0) is 10.2. The SMILES string of the molecule is Cc1c(C)[n+](C)c(CC(C)C)n1C. The molecule has 2 nitrogen and oxygen atoms in total. The summed E-state index contributed by atoms with van der Waals surface area (Å²) in [6, 6.07) is 0. The monoisotopic (exact) mass is 181 g/mol. The van der Waals surface area contributed by atoms with Gasteiger partial charge in [0.1, 0.15) is 11.4 Å². The van der Waals surface area contributed by atoms with Crippen LogP contribution in [0.15, 0.2) is 0 Å². The third-order valence-electron chi connectivity index (χ3n) is 2.90. The molecule has 1 rings (SSSR count). The highest BCUT2D eigenvalue weighted by atomic mass is 15.1. The second-order valence-corrected chi connectivity index (χ2v) is 4.30. The minimum atomic E-state index is 0.721.